The van der Waals surface area contributed by atoms with Gasteiger partial charge in [-0.25, -0.2) is 29.9 Å². The summed E-state index contributed by atoms with van der Waals surface area (Å²) in [7, 11) is 8.01. The van der Waals surface area contributed by atoms with E-state index in [-0.39, 0.29) is 6.10 Å². The van der Waals surface area contributed by atoms with E-state index in [0.717, 1.165) is 100 Å². The van der Waals surface area contributed by atoms with Crippen molar-refractivity contribution in [2.24, 2.45) is 0 Å². The van der Waals surface area contributed by atoms with E-state index in [4.69, 9.17) is 41.5 Å². The SMILES string of the molecule is CC1CCC(C)N1c1cccc(CCc2nc(N(C)C)c3ccccc3n2)n1.CN(C)c1nc(CCc2cccc(N3CCC(O)C3)n2)nc2ccc(Cl)cc12. The first kappa shape index (κ1) is 39.1. The van der Waals surface area contributed by atoms with E-state index in [1.165, 1.54) is 12.8 Å². The minimum Gasteiger partial charge on any atom is -0.391 e. The topological polar surface area (TPSA) is 111 Å². The van der Waals surface area contributed by atoms with Crippen LogP contribution in [-0.4, -0.2) is 94.5 Å². The summed E-state index contributed by atoms with van der Waals surface area (Å²) in [5, 5.41) is 12.5. The van der Waals surface area contributed by atoms with Crippen LogP contribution in [0.1, 0.15) is 56.1 Å². The third-order valence-electron chi connectivity index (χ3n) is 10.7. The maximum absolute atomic E-state index is 9.76. The Morgan fingerprint density at radius 3 is 1.80 bits per heavy atom. The highest BCUT2D eigenvalue weighted by Gasteiger charge is 2.28. The highest BCUT2D eigenvalue weighted by Crippen LogP contribution is 2.30. The largest absolute Gasteiger partial charge is 0.391 e. The lowest BCUT2D eigenvalue weighted by molar-refractivity contribution is 0.198. The normalized spacial score (nSPS) is 18.0. The predicted octanol–water partition coefficient (Wildman–Crippen LogP) is 7.35. The van der Waals surface area contributed by atoms with Gasteiger partial charge >= 0.3 is 0 Å². The molecule has 6 aromatic rings. The zero-order valence-electron chi connectivity index (χ0n) is 33.4. The lowest BCUT2D eigenvalue weighted by Crippen LogP contribution is -2.33. The van der Waals surface area contributed by atoms with Crippen LogP contribution in [0, 0.1) is 0 Å². The molecule has 6 heterocycles. The summed E-state index contributed by atoms with van der Waals surface area (Å²) in [6.45, 7) is 6.09. The maximum atomic E-state index is 9.76. The molecule has 56 heavy (non-hydrogen) atoms. The smallest absolute Gasteiger partial charge is 0.139 e. The van der Waals surface area contributed by atoms with Gasteiger partial charge in [-0.2, -0.15) is 0 Å². The Labute approximate surface area is 335 Å². The van der Waals surface area contributed by atoms with Crippen LogP contribution >= 0.6 is 11.6 Å². The van der Waals surface area contributed by atoms with Crippen molar-refractivity contribution in [2.45, 2.75) is 77.0 Å². The Hall–Kier alpha value is -5.13. The number of halogens is 1. The second-order valence-corrected chi connectivity index (χ2v) is 15.9. The molecule has 2 aliphatic rings. The van der Waals surface area contributed by atoms with Crippen LogP contribution in [0.5, 0.6) is 0 Å². The summed E-state index contributed by atoms with van der Waals surface area (Å²) >= 11 is 6.15. The number of β-amino-alcohol motifs (C(OH)–C–C–N with tert-alkyl or cyclic N) is 1. The number of aliphatic hydroxyl groups excluding tert-OH is 1. The van der Waals surface area contributed by atoms with Gasteiger partial charge in [0.2, 0.25) is 0 Å². The van der Waals surface area contributed by atoms with Gasteiger partial charge in [0.05, 0.1) is 17.1 Å². The van der Waals surface area contributed by atoms with Crippen molar-refractivity contribution in [1.82, 2.24) is 29.9 Å². The molecule has 0 aliphatic carbocycles. The molecule has 0 saturated carbocycles. The molecular weight excluding hydrogens is 720 g/mol. The summed E-state index contributed by atoms with van der Waals surface area (Å²) in [4.78, 5) is 37.4. The number of para-hydroxylation sites is 1. The number of hydrogen-bond donors (Lipinski definition) is 1. The molecule has 0 bridgehead atoms. The number of aryl methyl sites for hydroxylation is 4. The number of hydrogen-bond acceptors (Lipinski definition) is 11. The third kappa shape index (κ3) is 9.11. The second-order valence-electron chi connectivity index (χ2n) is 15.4. The van der Waals surface area contributed by atoms with E-state index in [1.807, 2.05) is 81.6 Å². The molecule has 11 nitrogen and oxygen atoms in total. The van der Waals surface area contributed by atoms with Crippen LogP contribution in [0.3, 0.4) is 0 Å². The first-order valence-corrected chi connectivity index (χ1v) is 20.1. The standard InChI is InChI=1S/C23H29N5.C21H24ClN5O/c1-16-12-13-17(2)28(16)22-11-7-8-18(24-22)14-15-21-25-20-10-6-5-9-19(20)23(26-21)27(3)4;1-26(2)21-17-12-14(22)6-8-18(17)24-19(25-21)9-7-15-4-3-5-20(23-15)27-11-10-16(28)13-27/h5-11,16-17H,12-15H2,1-4H3;3-6,8,12,16,28H,7,9-11,13H2,1-2H3. The van der Waals surface area contributed by atoms with E-state index >= 15 is 0 Å². The van der Waals surface area contributed by atoms with Gasteiger partial charge in [0, 0.05) is 93.4 Å². The minimum absolute atomic E-state index is 0.255. The average Bonchev–Trinajstić information content (AvgIpc) is 3.79. The fraction of sp³-hybridized carbons (Fsp3) is 0.409. The molecule has 292 valence electrons. The summed E-state index contributed by atoms with van der Waals surface area (Å²) in [6.07, 6.45) is 6.12. The van der Waals surface area contributed by atoms with Gasteiger partial charge in [-0.05, 0) is 101 Å². The lowest BCUT2D eigenvalue weighted by atomic mass is 10.2. The number of anilines is 4. The number of rotatable bonds is 10. The molecule has 1 N–H and O–H groups in total. The van der Waals surface area contributed by atoms with Gasteiger partial charge in [0.25, 0.3) is 0 Å². The zero-order chi connectivity index (χ0) is 39.3. The quantitative estimate of drug-likeness (QED) is 0.151. The molecule has 4 aromatic heterocycles. The third-order valence-corrected chi connectivity index (χ3v) is 10.9. The van der Waals surface area contributed by atoms with Crippen LogP contribution in [0.15, 0.2) is 78.9 Å². The van der Waals surface area contributed by atoms with Gasteiger partial charge in [0.1, 0.15) is 34.9 Å². The highest BCUT2D eigenvalue weighted by atomic mass is 35.5. The lowest BCUT2D eigenvalue weighted by Gasteiger charge is -2.27. The van der Waals surface area contributed by atoms with Crippen LogP contribution in [0.25, 0.3) is 21.8 Å². The van der Waals surface area contributed by atoms with E-state index < -0.39 is 0 Å². The van der Waals surface area contributed by atoms with Crippen molar-refractivity contribution in [2.75, 3.05) is 60.9 Å². The number of nitrogens with zero attached hydrogens (tertiary/aromatic N) is 10. The molecule has 0 radical (unpaired) electrons. The molecule has 3 atom stereocenters. The second kappa shape index (κ2) is 17.3. The minimum atomic E-state index is -0.255. The van der Waals surface area contributed by atoms with E-state index in [2.05, 4.69) is 58.9 Å². The summed E-state index contributed by atoms with van der Waals surface area (Å²) in [5.74, 6) is 5.54. The monoisotopic (exact) mass is 772 g/mol. The Morgan fingerprint density at radius 1 is 0.625 bits per heavy atom. The number of pyridine rings is 2. The number of fused-ring (bicyclic) bond motifs is 2. The molecule has 8 rings (SSSR count). The van der Waals surface area contributed by atoms with Crippen molar-refractivity contribution in [3.8, 4) is 0 Å². The van der Waals surface area contributed by atoms with Crippen LogP contribution in [0.2, 0.25) is 5.02 Å². The van der Waals surface area contributed by atoms with Crippen molar-refractivity contribution in [3.05, 3.63) is 107 Å². The molecule has 0 amide bonds. The van der Waals surface area contributed by atoms with E-state index in [9.17, 15) is 5.11 Å². The molecule has 3 unspecified atom stereocenters. The van der Waals surface area contributed by atoms with Gasteiger partial charge < -0.3 is 24.7 Å². The van der Waals surface area contributed by atoms with E-state index in [0.29, 0.717) is 30.1 Å². The zero-order valence-corrected chi connectivity index (χ0v) is 34.2. The average molecular weight is 773 g/mol. The molecular formula is C44H53ClN10O. The van der Waals surface area contributed by atoms with Gasteiger partial charge in [-0.15, -0.1) is 0 Å². The molecule has 2 aromatic carbocycles. The van der Waals surface area contributed by atoms with E-state index in [1.54, 1.807) is 0 Å². The Balaban J connectivity index is 0.000000172. The van der Waals surface area contributed by atoms with Crippen LogP contribution in [0.4, 0.5) is 23.3 Å². The molecule has 2 saturated heterocycles. The fourth-order valence-electron chi connectivity index (χ4n) is 7.75. The Bertz CT molecular complexity index is 2270. The van der Waals surface area contributed by atoms with Gasteiger partial charge in [-0.1, -0.05) is 35.9 Å². The molecule has 2 aliphatic heterocycles. The Kier molecular flexibility index (Phi) is 12.1. The van der Waals surface area contributed by atoms with Crippen LogP contribution < -0.4 is 19.6 Å². The summed E-state index contributed by atoms with van der Waals surface area (Å²) < 4.78 is 0. The number of aliphatic hydroxyl groups is 1. The first-order chi connectivity index (χ1) is 27.0. The Morgan fingerprint density at radius 2 is 1.20 bits per heavy atom. The summed E-state index contributed by atoms with van der Waals surface area (Å²) in [5.41, 5.74) is 4.00. The van der Waals surface area contributed by atoms with Crippen molar-refractivity contribution in [3.63, 3.8) is 0 Å². The van der Waals surface area contributed by atoms with Crippen molar-refractivity contribution in [1.29, 1.82) is 0 Å². The maximum Gasteiger partial charge on any atom is 0.139 e. The fourth-order valence-corrected chi connectivity index (χ4v) is 7.92. The first-order valence-electron chi connectivity index (χ1n) is 19.7. The van der Waals surface area contributed by atoms with Gasteiger partial charge in [-0.3, -0.25) is 0 Å². The molecule has 2 fully saturated rings. The number of aromatic nitrogens is 6. The molecule has 0 spiro atoms. The van der Waals surface area contributed by atoms with Crippen LogP contribution in [-0.2, 0) is 25.7 Å². The van der Waals surface area contributed by atoms with Crippen molar-refractivity contribution >= 4 is 56.7 Å². The molecule has 12 heteroatoms. The number of benzene rings is 2. The van der Waals surface area contributed by atoms with Crippen molar-refractivity contribution < 1.29 is 5.11 Å². The summed E-state index contributed by atoms with van der Waals surface area (Å²) in [6, 6.07) is 27.5. The van der Waals surface area contributed by atoms with Gasteiger partial charge in [0.15, 0.2) is 0 Å². The highest BCUT2D eigenvalue weighted by molar-refractivity contribution is 6.31. The predicted molar refractivity (Wildman–Crippen MR) is 230 cm³/mol.